The molecule has 0 spiro atoms. The second kappa shape index (κ2) is 4.88. The van der Waals surface area contributed by atoms with Crippen molar-refractivity contribution in [3.63, 3.8) is 0 Å². The van der Waals surface area contributed by atoms with Gasteiger partial charge in [-0.15, -0.1) is 11.3 Å². The van der Waals surface area contributed by atoms with Crippen LogP contribution in [0.2, 0.25) is 5.02 Å². The number of hydrogen-bond donors (Lipinski definition) is 1. The third-order valence-electron chi connectivity index (χ3n) is 2.31. The van der Waals surface area contributed by atoms with E-state index in [0.717, 1.165) is 14.9 Å². The molecule has 4 heteroatoms. The Labute approximate surface area is 112 Å². The van der Waals surface area contributed by atoms with Crippen LogP contribution in [0.1, 0.15) is 21.4 Å². The van der Waals surface area contributed by atoms with E-state index in [-0.39, 0.29) is 0 Å². The number of halogens is 2. The molecule has 0 aliphatic heterocycles. The fraction of sp³-hybridized carbons (Fsp3) is 0.167. The summed E-state index contributed by atoms with van der Waals surface area (Å²) in [6.07, 6.45) is -0.649. The van der Waals surface area contributed by atoms with Crippen LogP contribution < -0.4 is 0 Å². The van der Waals surface area contributed by atoms with E-state index in [9.17, 15) is 5.11 Å². The molecular formula is C12H10BrClOS. The predicted octanol–water partition coefficient (Wildman–Crippen LogP) is 4.55. The lowest BCUT2D eigenvalue weighted by Gasteiger charge is -2.11. The Hall–Kier alpha value is -0.350. The lowest BCUT2D eigenvalue weighted by atomic mass is 10.1. The van der Waals surface area contributed by atoms with Gasteiger partial charge in [0.1, 0.15) is 6.10 Å². The van der Waals surface area contributed by atoms with Gasteiger partial charge in [0.15, 0.2) is 0 Å². The zero-order valence-corrected chi connectivity index (χ0v) is 11.7. The Morgan fingerprint density at radius 2 is 2.06 bits per heavy atom. The molecule has 16 heavy (non-hydrogen) atoms. The summed E-state index contributed by atoms with van der Waals surface area (Å²) in [6, 6.07) is 9.50. The molecule has 1 unspecified atom stereocenters. The first kappa shape index (κ1) is 12.1. The minimum atomic E-state index is -0.649. The van der Waals surface area contributed by atoms with E-state index in [1.807, 2.05) is 37.3 Å². The van der Waals surface area contributed by atoms with Gasteiger partial charge in [-0.05, 0) is 41.1 Å². The van der Waals surface area contributed by atoms with E-state index >= 15 is 0 Å². The molecule has 1 heterocycles. The van der Waals surface area contributed by atoms with Crippen LogP contribution in [-0.4, -0.2) is 5.11 Å². The van der Waals surface area contributed by atoms with Gasteiger partial charge in [-0.2, -0.15) is 0 Å². The molecular weight excluding hydrogens is 308 g/mol. The number of thiophene rings is 1. The van der Waals surface area contributed by atoms with Crippen LogP contribution in [0.15, 0.2) is 34.8 Å². The molecule has 0 saturated heterocycles. The highest BCUT2D eigenvalue weighted by molar-refractivity contribution is 9.10. The second-order valence-corrected chi connectivity index (χ2v) is 6.05. The molecule has 84 valence electrons. The van der Waals surface area contributed by atoms with Gasteiger partial charge < -0.3 is 5.11 Å². The van der Waals surface area contributed by atoms with Crippen molar-refractivity contribution in [3.8, 4) is 0 Å². The van der Waals surface area contributed by atoms with Crippen LogP contribution in [0.5, 0.6) is 0 Å². The van der Waals surface area contributed by atoms with Crippen molar-refractivity contribution in [1.82, 2.24) is 0 Å². The van der Waals surface area contributed by atoms with Crippen LogP contribution in [0.4, 0.5) is 0 Å². The number of aliphatic hydroxyl groups is 1. The van der Waals surface area contributed by atoms with Gasteiger partial charge in [0, 0.05) is 19.8 Å². The number of hydrogen-bond acceptors (Lipinski definition) is 2. The van der Waals surface area contributed by atoms with E-state index in [0.29, 0.717) is 5.02 Å². The minimum absolute atomic E-state index is 0.570. The topological polar surface area (TPSA) is 20.2 Å². The van der Waals surface area contributed by atoms with Gasteiger partial charge in [-0.25, -0.2) is 0 Å². The van der Waals surface area contributed by atoms with Gasteiger partial charge in [-0.1, -0.05) is 23.7 Å². The van der Waals surface area contributed by atoms with Crippen LogP contribution in [0.25, 0.3) is 0 Å². The van der Waals surface area contributed by atoms with Gasteiger partial charge in [-0.3, -0.25) is 0 Å². The van der Waals surface area contributed by atoms with Gasteiger partial charge in [0.05, 0.1) is 5.02 Å². The average Bonchev–Trinajstić information content (AvgIpc) is 2.68. The fourth-order valence-corrected chi connectivity index (χ4v) is 2.98. The standard InChI is InChI=1S/C12H10BrClOS/c1-7-5-6-10(16-7)12(15)8-3-2-4-9(13)11(8)14/h2-6,12,15H,1H3. The summed E-state index contributed by atoms with van der Waals surface area (Å²) in [5, 5.41) is 10.8. The Bertz CT molecular complexity index is 509. The lowest BCUT2D eigenvalue weighted by molar-refractivity contribution is 0.224. The zero-order valence-electron chi connectivity index (χ0n) is 8.58. The summed E-state index contributed by atoms with van der Waals surface area (Å²) < 4.78 is 0.805. The molecule has 0 saturated carbocycles. The molecule has 2 rings (SSSR count). The molecule has 0 aliphatic carbocycles. The molecule has 1 aromatic carbocycles. The summed E-state index contributed by atoms with van der Waals surface area (Å²) >= 11 is 11.1. The van der Waals surface area contributed by atoms with Crippen molar-refractivity contribution >= 4 is 38.9 Å². The Balaban J connectivity index is 2.41. The van der Waals surface area contributed by atoms with Crippen LogP contribution in [0.3, 0.4) is 0 Å². The zero-order chi connectivity index (χ0) is 11.7. The molecule has 1 aromatic heterocycles. The number of aliphatic hydroxyl groups excluding tert-OH is 1. The maximum Gasteiger partial charge on any atom is 0.115 e. The van der Waals surface area contributed by atoms with E-state index in [1.54, 1.807) is 11.3 Å². The molecule has 0 fully saturated rings. The van der Waals surface area contributed by atoms with Crippen LogP contribution in [0, 0.1) is 6.92 Å². The monoisotopic (exact) mass is 316 g/mol. The summed E-state index contributed by atoms with van der Waals surface area (Å²) in [5.74, 6) is 0. The molecule has 1 N–H and O–H groups in total. The summed E-state index contributed by atoms with van der Waals surface area (Å²) in [5.41, 5.74) is 0.734. The number of benzene rings is 1. The molecule has 0 amide bonds. The highest BCUT2D eigenvalue weighted by atomic mass is 79.9. The van der Waals surface area contributed by atoms with Crippen molar-refractivity contribution < 1.29 is 5.11 Å². The molecule has 0 bridgehead atoms. The highest BCUT2D eigenvalue weighted by Crippen LogP contribution is 2.35. The van der Waals surface area contributed by atoms with Crippen molar-refractivity contribution in [2.45, 2.75) is 13.0 Å². The fourth-order valence-electron chi connectivity index (χ4n) is 1.49. The van der Waals surface area contributed by atoms with Gasteiger partial charge in [0.25, 0.3) is 0 Å². The second-order valence-electron chi connectivity index (χ2n) is 3.49. The van der Waals surface area contributed by atoms with Crippen molar-refractivity contribution in [2.24, 2.45) is 0 Å². The first-order valence-corrected chi connectivity index (χ1v) is 6.76. The minimum Gasteiger partial charge on any atom is -0.383 e. The Kier molecular flexibility index (Phi) is 3.70. The predicted molar refractivity (Wildman–Crippen MR) is 72.3 cm³/mol. The van der Waals surface area contributed by atoms with Gasteiger partial charge >= 0.3 is 0 Å². The summed E-state index contributed by atoms with van der Waals surface area (Å²) in [6.45, 7) is 2.02. The van der Waals surface area contributed by atoms with E-state index in [2.05, 4.69) is 15.9 Å². The average molecular weight is 318 g/mol. The van der Waals surface area contributed by atoms with Crippen molar-refractivity contribution in [2.75, 3.05) is 0 Å². The lowest BCUT2D eigenvalue weighted by Crippen LogP contribution is -1.98. The number of aryl methyl sites for hydroxylation is 1. The highest BCUT2D eigenvalue weighted by Gasteiger charge is 2.16. The first-order valence-electron chi connectivity index (χ1n) is 4.78. The largest absolute Gasteiger partial charge is 0.383 e. The number of rotatable bonds is 2. The van der Waals surface area contributed by atoms with Gasteiger partial charge in [0.2, 0.25) is 0 Å². The summed E-state index contributed by atoms with van der Waals surface area (Å²) in [4.78, 5) is 2.10. The summed E-state index contributed by atoms with van der Waals surface area (Å²) in [7, 11) is 0. The third kappa shape index (κ3) is 2.33. The molecule has 1 nitrogen and oxygen atoms in total. The third-order valence-corrected chi connectivity index (χ3v) is 4.67. The van der Waals surface area contributed by atoms with E-state index < -0.39 is 6.10 Å². The quantitative estimate of drug-likeness (QED) is 0.861. The van der Waals surface area contributed by atoms with E-state index in [1.165, 1.54) is 4.88 Å². The van der Waals surface area contributed by atoms with E-state index in [4.69, 9.17) is 11.6 Å². The molecule has 0 radical (unpaired) electrons. The normalized spacial score (nSPS) is 12.8. The molecule has 1 atom stereocenters. The van der Waals surface area contributed by atoms with Crippen molar-refractivity contribution in [3.05, 3.63) is 55.1 Å². The maximum atomic E-state index is 10.2. The van der Waals surface area contributed by atoms with Crippen molar-refractivity contribution in [1.29, 1.82) is 0 Å². The molecule has 0 aliphatic rings. The smallest absolute Gasteiger partial charge is 0.115 e. The SMILES string of the molecule is Cc1ccc(C(O)c2cccc(Br)c2Cl)s1. The Morgan fingerprint density at radius 1 is 1.31 bits per heavy atom. The Morgan fingerprint density at radius 3 is 2.69 bits per heavy atom. The van der Waals surface area contributed by atoms with Crippen LogP contribution >= 0.6 is 38.9 Å². The molecule has 2 aromatic rings. The van der Waals surface area contributed by atoms with Crippen LogP contribution in [-0.2, 0) is 0 Å². The maximum absolute atomic E-state index is 10.2. The first-order chi connectivity index (χ1) is 7.59.